The molecule has 3 heterocycles. The van der Waals surface area contributed by atoms with E-state index in [0.29, 0.717) is 28.0 Å². The van der Waals surface area contributed by atoms with Gasteiger partial charge in [0.2, 0.25) is 0 Å². The Balaban J connectivity index is 1.63. The number of pyridine rings is 2. The molecule has 6 aromatic rings. The Morgan fingerprint density at radius 1 is 1.00 bits per heavy atom. The molecule has 0 aliphatic rings. The summed E-state index contributed by atoms with van der Waals surface area (Å²) in [6.07, 6.45) is 2.81. The van der Waals surface area contributed by atoms with Gasteiger partial charge in [-0.05, 0) is 42.3 Å². The van der Waals surface area contributed by atoms with E-state index in [2.05, 4.69) is 20.3 Å². The van der Waals surface area contributed by atoms with E-state index < -0.39 is 28.9 Å². The molecule has 0 spiro atoms. The number of benzene rings is 3. The summed E-state index contributed by atoms with van der Waals surface area (Å²) in [5.74, 6) is -2.32. The SMILES string of the molecule is C[C@H](Nc1ncnc2[nH]ccc(=O)c12)c1c(Cl)c2cccc(-c3cc(O)c(O)c(F)c3)c2c(=O)n1-c1ccccc1. The third kappa shape index (κ3) is 4.34. The highest BCUT2D eigenvalue weighted by Gasteiger charge is 2.25. The molecule has 41 heavy (non-hydrogen) atoms. The van der Waals surface area contributed by atoms with E-state index in [-0.39, 0.29) is 32.6 Å². The molecule has 1 atom stereocenters. The van der Waals surface area contributed by atoms with E-state index >= 15 is 0 Å². The summed E-state index contributed by atoms with van der Waals surface area (Å²) in [5.41, 5.74) is 1.02. The summed E-state index contributed by atoms with van der Waals surface area (Å²) >= 11 is 7.06. The topological polar surface area (TPSA) is 133 Å². The summed E-state index contributed by atoms with van der Waals surface area (Å²) < 4.78 is 15.9. The van der Waals surface area contributed by atoms with Gasteiger partial charge in [-0.2, -0.15) is 0 Å². The van der Waals surface area contributed by atoms with Gasteiger partial charge in [0.25, 0.3) is 5.56 Å². The van der Waals surface area contributed by atoms with Crippen LogP contribution in [0.25, 0.3) is 38.6 Å². The van der Waals surface area contributed by atoms with Crippen molar-refractivity contribution in [2.75, 3.05) is 5.32 Å². The molecule has 3 aromatic heterocycles. The average molecular weight is 570 g/mol. The number of aromatic nitrogens is 4. The van der Waals surface area contributed by atoms with E-state index in [4.69, 9.17) is 11.6 Å². The Labute approximate surface area is 236 Å². The fourth-order valence-electron chi connectivity index (χ4n) is 5.01. The minimum Gasteiger partial charge on any atom is -0.504 e. The molecule has 0 radical (unpaired) electrons. The number of phenolic OH excluding ortho intramolecular Hbond substituents is 2. The maximum Gasteiger partial charge on any atom is 0.263 e. The lowest BCUT2D eigenvalue weighted by Gasteiger charge is -2.24. The summed E-state index contributed by atoms with van der Waals surface area (Å²) in [5, 5.41) is 24.1. The van der Waals surface area contributed by atoms with Gasteiger partial charge < -0.3 is 20.5 Å². The first-order chi connectivity index (χ1) is 19.8. The number of H-pyrrole nitrogens is 1. The second-order valence-electron chi connectivity index (χ2n) is 9.38. The van der Waals surface area contributed by atoms with E-state index in [1.165, 1.54) is 29.2 Å². The molecule has 0 bridgehead atoms. The van der Waals surface area contributed by atoms with Gasteiger partial charge in [0.1, 0.15) is 23.2 Å². The zero-order chi connectivity index (χ0) is 28.8. The molecule has 6 rings (SSSR count). The first-order valence-electron chi connectivity index (χ1n) is 12.5. The third-order valence-corrected chi connectivity index (χ3v) is 7.26. The van der Waals surface area contributed by atoms with Gasteiger partial charge in [-0.1, -0.05) is 48.0 Å². The van der Waals surface area contributed by atoms with Crippen molar-refractivity contribution in [3.8, 4) is 28.3 Å². The third-order valence-electron chi connectivity index (χ3n) is 6.86. The quantitative estimate of drug-likeness (QED) is 0.197. The maximum absolute atomic E-state index is 14.4. The van der Waals surface area contributed by atoms with E-state index in [1.807, 2.05) is 6.07 Å². The van der Waals surface area contributed by atoms with Crippen LogP contribution in [0.3, 0.4) is 0 Å². The Morgan fingerprint density at radius 3 is 2.54 bits per heavy atom. The predicted molar refractivity (Wildman–Crippen MR) is 155 cm³/mol. The fourth-order valence-corrected chi connectivity index (χ4v) is 5.42. The van der Waals surface area contributed by atoms with Crippen LogP contribution in [0.2, 0.25) is 5.02 Å². The average Bonchev–Trinajstić information content (AvgIpc) is 2.97. The number of para-hydroxylation sites is 1. The van der Waals surface area contributed by atoms with Crippen molar-refractivity contribution in [2.24, 2.45) is 0 Å². The molecule has 0 fully saturated rings. The molecule has 4 N–H and O–H groups in total. The zero-order valence-corrected chi connectivity index (χ0v) is 22.1. The number of phenols is 2. The van der Waals surface area contributed by atoms with Crippen molar-refractivity contribution < 1.29 is 14.6 Å². The Hall–Kier alpha value is -5.22. The van der Waals surface area contributed by atoms with Crippen LogP contribution >= 0.6 is 11.6 Å². The van der Waals surface area contributed by atoms with E-state index in [9.17, 15) is 24.2 Å². The standard InChI is InChI=1S/C30H21ClFN5O4/c1-15(36-29-24-21(38)10-11-33-28(24)34-14-35-29)26-25(31)19-9-5-8-18(16-12-20(32)27(40)22(39)13-16)23(19)30(41)37(26)17-6-3-2-4-7-17/h2-15,39-40H,1H3,(H2,33,34,35,36,38)/t15-/m0/s1. The molecule has 0 aliphatic heterocycles. The van der Waals surface area contributed by atoms with Gasteiger partial charge in [-0.25, -0.2) is 14.4 Å². The van der Waals surface area contributed by atoms with E-state index in [1.54, 1.807) is 49.4 Å². The van der Waals surface area contributed by atoms with Crippen molar-refractivity contribution in [2.45, 2.75) is 13.0 Å². The highest BCUT2D eigenvalue weighted by atomic mass is 35.5. The van der Waals surface area contributed by atoms with Gasteiger partial charge in [0.05, 0.1) is 22.1 Å². The lowest BCUT2D eigenvalue weighted by atomic mass is 9.97. The van der Waals surface area contributed by atoms with Crippen LogP contribution in [0.5, 0.6) is 11.5 Å². The monoisotopic (exact) mass is 569 g/mol. The zero-order valence-electron chi connectivity index (χ0n) is 21.4. The van der Waals surface area contributed by atoms with Crippen molar-refractivity contribution in [1.82, 2.24) is 19.5 Å². The largest absolute Gasteiger partial charge is 0.504 e. The summed E-state index contributed by atoms with van der Waals surface area (Å²) in [7, 11) is 0. The number of hydrogen-bond acceptors (Lipinski definition) is 7. The Morgan fingerprint density at radius 2 is 1.78 bits per heavy atom. The van der Waals surface area contributed by atoms with Gasteiger partial charge in [0.15, 0.2) is 22.7 Å². The number of rotatable bonds is 5. The molecule has 9 nitrogen and oxygen atoms in total. The van der Waals surface area contributed by atoms with Crippen LogP contribution in [0.15, 0.2) is 88.8 Å². The summed E-state index contributed by atoms with van der Waals surface area (Å²) in [4.78, 5) is 38.3. The first-order valence-corrected chi connectivity index (χ1v) is 12.9. The molecule has 11 heteroatoms. The number of aromatic hydroxyl groups is 2. The molecule has 0 amide bonds. The number of hydrogen-bond donors (Lipinski definition) is 4. The molecule has 0 saturated carbocycles. The number of nitrogens with zero attached hydrogens (tertiary/aromatic N) is 3. The van der Waals surface area contributed by atoms with Crippen LogP contribution in [0.1, 0.15) is 18.7 Å². The lowest BCUT2D eigenvalue weighted by Crippen LogP contribution is -2.27. The number of fused-ring (bicyclic) bond motifs is 2. The van der Waals surface area contributed by atoms with Crippen LogP contribution < -0.4 is 16.3 Å². The van der Waals surface area contributed by atoms with Gasteiger partial charge in [0, 0.05) is 23.3 Å². The fraction of sp³-hybridized carbons (Fsp3) is 0.0667. The Kier molecular flexibility index (Phi) is 6.39. The minimum atomic E-state index is -1.03. The molecule has 0 saturated heterocycles. The number of halogens is 2. The van der Waals surface area contributed by atoms with Crippen LogP contribution in [-0.4, -0.2) is 29.7 Å². The minimum absolute atomic E-state index is 0.182. The highest BCUT2D eigenvalue weighted by Crippen LogP contribution is 2.39. The lowest BCUT2D eigenvalue weighted by molar-refractivity contribution is 0.379. The normalized spacial score (nSPS) is 12.1. The van der Waals surface area contributed by atoms with Crippen LogP contribution in [0.4, 0.5) is 10.2 Å². The maximum atomic E-state index is 14.4. The smallest absolute Gasteiger partial charge is 0.263 e. The van der Waals surface area contributed by atoms with Crippen molar-refractivity contribution in [1.29, 1.82) is 0 Å². The molecular weight excluding hydrogens is 549 g/mol. The molecule has 0 aliphatic carbocycles. The summed E-state index contributed by atoms with van der Waals surface area (Å²) in [6.45, 7) is 1.79. The van der Waals surface area contributed by atoms with Gasteiger partial charge in [-0.15, -0.1) is 0 Å². The second kappa shape index (κ2) is 10.1. The van der Waals surface area contributed by atoms with Gasteiger partial charge in [-0.3, -0.25) is 14.2 Å². The highest BCUT2D eigenvalue weighted by molar-refractivity contribution is 6.36. The number of nitrogens with one attached hydrogen (secondary N) is 2. The van der Waals surface area contributed by atoms with Crippen LogP contribution in [0, 0.1) is 5.82 Å². The Bertz CT molecular complexity index is 2070. The molecule has 3 aromatic carbocycles. The first kappa shape index (κ1) is 26.0. The predicted octanol–water partition coefficient (Wildman–Crippen LogP) is 5.67. The molecular formula is C30H21ClFN5O4. The van der Waals surface area contributed by atoms with Gasteiger partial charge >= 0.3 is 0 Å². The molecule has 204 valence electrons. The van der Waals surface area contributed by atoms with Crippen molar-refractivity contribution in [3.05, 3.63) is 116 Å². The van der Waals surface area contributed by atoms with Crippen molar-refractivity contribution in [3.63, 3.8) is 0 Å². The second-order valence-corrected chi connectivity index (χ2v) is 9.76. The number of aromatic amines is 1. The van der Waals surface area contributed by atoms with Crippen LogP contribution in [-0.2, 0) is 0 Å². The van der Waals surface area contributed by atoms with E-state index in [0.717, 1.165) is 6.07 Å². The summed E-state index contributed by atoms with van der Waals surface area (Å²) in [6, 6.07) is 16.8. The van der Waals surface area contributed by atoms with Crippen molar-refractivity contribution >= 4 is 39.2 Å². The molecule has 0 unspecified atom stereocenters. The number of anilines is 1.